The van der Waals surface area contributed by atoms with E-state index >= 15 is 0 Å². The zero-order chi connectivity index (χ0) is 21.9. The van der Waals surface area contributed by atoms with Crippen molar-refractivity contribution in [2.75, 3.05) is 19.6 Å². The molecule has 1 saturated heterocycles. The quantitative estimate of drug-likeness (QED) is 0.637. The Morgan fingerprint density at radius 3 is 2.20 bits per heavy atom. The molecule has 1 aliphatic heterocycles. The van der Waals surface area contributed by atoms with Gasteiger partial charge in [0.05, 0.1) is 11.4 Å². The van der Waals surface area contributed by atoms with Crippen LogP contribution in [0, 0.1) is 0 Å². The van der Waals surface area contributed by atoms with Crippen molar-refractivity contribution in [3.63, 3.8) is 0 Å². The molecule has 160 valence electrons. The van der Waals surface area contributed by atoms with E-state index in [4.69, 9.17) is 0 Å². The molecule has 0 aliphatic carbocycles. The van der Waals surface area contributed by atoms with Crippen LogP contribution < -0.4 is 0 Å². The molecule has 7 nitrogen and oxygen atoms in total. The van der Waals surface area contributed by atoms with Crippen LogP contribution in [0.5, 0.6) is 0 Å². The van der Waals surface area contributed by atoms with Crippen molar-refractivity contribution in [2.24, 2.45) is 0 Å². The molecule has 2 aromatic rings. The predicted molar refractivity (Wildman–Crippen MR) is 116 cm³/mol. The number of carbonyl (C=O) groups is 2. The average molecular weight is 495 g/mol. The fourth-order valence-electron chi connectivity index (χ4n) is 3.36. The minimum atomic E-state index is -4.14. The van der Waals surface area contributed by atoms with Gasteiger partial charge in [0, 0.05) is 17.6 Å². The van der Waals surface area contributed by atoms with Crippen LogP contribution in [0.2, 0.25) is 0 Å². The number of carbonyl (C=O) groups excluding carboxylic acids is 1. The van der Waals surface area contributed by atoms with Gasteiger partial charge in [-0.3, -0.25) is 9.59 Å². The molecule has 1 unspecified atom stereocenters. The van der Waals surface area contributed by atoms with Crippen LogP contribution >= 0.6 is 15.9 Å². The molecule has 1 amide bonds. The average Bonchev–Trinajstić information content (AvgIpc) is 2.73. The first-order chi connectivity index (χ1) is 14.2. The van der Waals surface area contributed by atoms with E-state index in [1.807, 2.05) is 31.2 Å². The lowest BCUT2D eigenvalue weighted by Crippen LogP contribution is -2.60. The smallest absolute Gasteiger partial charge is 0.323 e. The van der Waals surface area contributed by atoms with E-state index in [0.717, 1.165) is 32.7 Å². The van der Waals surface area contributed by atoms with Crippen LogP contribution in [0.25, 0.3) is 11.1 Å². The van der Waals surface area contributed by atoms with Crippen LogP contribution in [0.4, 0.5) is 0 Å². The number of nitrogens with zero attached hydrogens (tertiary/aromatic N) is 2. The first-order valence-corrected chi connectivity index (χ1v) is 11.9. The molecule has 2 aromatic carbocycles. The van der Waals surface area contributed by atoms with Crippen molar-refractivity contribution in [3.8, 4) is 11.1 Å². The van der Waals surface area contributed by atoms with Gasteiger partial charge in [-0.2, -0.15) is 4.31 Å². The maximum atomic E-state index is 13.1. The Balaban J connectivity index is 1.86. The number of hydrogen-bond acceptors (Lipinski definition) is 4. The number of benzene rings is 2. The lowest BCUT2D eigenvalue weighted by molar-refractivity contribution is -0.148. The molecule has 3 rings (SSSR count). The fraction of sp³-hybridized carbons (Fsp3) is 0.333. The fourth-order valence-corrected chi connectivity index (χ4v) is 5.15. The van der Waals surface area contributed by atoms with Gasteiger partial charge in [-0.25, -0.2) is 8.42 Å². The van der Waals surface area contributed by atoms with Crippen molar-refractivity contribution < 1.29 is 23.1 Å². The number of carboxylic acids is 1. The number of aliphatic carboxylic acids is 1. The highest BCUT2D eigenvalue weighted by atomic mass is 79.9. The Kier molecular flexibility index (Phi) is 6.95. The highest BCUT2D eigenvalue weighted by Gasteiger charge is 2.43. The minimum Gasteiger partial charge on any atom is -0.480 e. The Bertz CT molecular complexity index is 1020. The summed E-state index contributed by atoms with van der Waals surface area (Å²) in [6.45, 7) is 1.77. The molecule has 0 radical (unpaired) electrons. The van der Waals surface area contributed by atoms with Gasteiger partial charge in [0.15, 0.2) is 0 Å². The summed E-state index contributed by atoms with van der Waals surface area (Å²) in [5.74, 6) is -1.64. The SMILES string of the molecule is CCCCN1CC(C(=O)O)N(S(=O)(=O)c2ccc(-c3ccc(Br)cc3)cc2)CC1=O. The van der Waals surface area contributed by atoms with Crippen molar-refractivity contribution in [1.82, 2.24) is 9.21 Å². The molecule has 1 atom stereocenters. The second kappa shape index (κ2) is 9.28. The zero-order valence-corrected chi connectivity index (χ0v) is 18.9. The molecule has 0 saturated carbocycles. The predicted octanol–water partition coefficient (Wildman–Crippen LogP) is 3.20. The van der Waals surface area contributed by atoms with Crippen molar-refractivity contribution >= 4 is 37.8 Å². The summed E-state index contributed by atoms with van der Waals surface area (Å²) < 4.78 is 28.0. The molecule has 1 fully saturated rings. The van der Waals surface area contributed by atoms with Gasteiger partial charge in [0.1, 0.15) is 6.04 Å². The lowest BCUT2D eigenvalue weighted by atomic mass is 10.1. The third kappa shape index (κ3) is 4.74. The molecule has 0 bridgehead atoms. The van der Waals surface area contributed by atoms with Gasteiger partial charge in [0.25, 0.3) is 0 Å². The largest absolute Gasteiger partial charge is 0.480 e. The zero-order valence-electron chi connectivity index (χ0n) is 16.5. The van der Waals surface area contributed by atoms with E-state index in [1.54, 1.807) is 12.1 Å². The first kappa shape index (κ1) is 22.5. The number of amides is 1. The Labute approximate surface area is 184 Å². The number of rotatable bonds is 7. The lowest BCUT2D eigenvalue weighted by Gasteiger charge is -2.38. The first-order valence-electron chi connectivity index (χ1n) is 9.62. The minimum absolute atomic E-state index is 0.0376. The van der Waals surface area contributed by atoms with E-state index in [-0.39, 0.29) is 17.3 Å². The number of hydrogen-bond donors (Lipinski definition) is 1. The summed E-state index contributed by atoms with van der Waals surface area (Å²) >= 11 is 3.38. The van der Waals surface area contributed by atoms with E-state index < -0.39 is 28.6 Å². The molecule has 0 spiro atoms. The summed E-state index contributed by atoms with van der Waals surface area (Å²) in [6.07, 6.45) is 1.59. The summed E-state index contributed by atoms with van der Waals surface area (Å²) in [5, 5.41) is 9.62. The topological polar surface area (TPSA) is 95.0 Å². The van der Waals surface area contributed by atoms with Crippen molar-refractivity contribution in [2.45, 2.75) is 30.7 Å². The molecule has 1 N–H and O–H groups in total. The summed E-state index contributed by atoms with van der Waals surface area (Å²) in [4.78, 5) is 25.6. The summed E-state index contributed by atoms with van der Waals surface area (Å²) in [5.41, 5.74) is 1.75. The third-order valence-electron chi connectivity index (χ3n) is 5.09. The number of sulfonamides is 1. The molecular formula is C21H23BrN2O5S. The highest BCUT2D eigenvalue weighted by Crippen LogP contribution is 2.26. The van der Waals surface area contributed by atoms with Crippen LogP contribution in [0.3, 0.4) is 0 Å². The van der Waals surface area contributed by atoms with Gasteiger partial charge < -0.3 is 10.0 Å². The van der Waals surface area contributed by atoms with Crippen molar-refractivity contribution in [3.05, 3.63) is 53.0 Å². The van der Waals surface area contributed by atoms with Crippen LogP contribution in [-0.2, 0) is 19.6 Å². The van der Waals surface area contributed by atoms with E-state index in [2.05, 4.69) is 15.9 Å². The van der Waals surface area contributed by atoms with Crippen molar-refractivity contribution in [1.29, 1.82) is 0 Å². The van der Waals surface area contributed by atoms with E-state index in [0.29, 0.717) is 6.54 Å². The molecule has 0 aromatic heterocycles. The number of halogens is 1. The Morgan fingerprint density at radius 2 is 1.67 bits per heavy atom. The van der Waals surface area contributed by atoms with Crippen LogP contribution in [0.1, 0.15) is 19.8 Å². The molecule has 30 heavy (non-hydrogen) atoms. The van der Waals surface area contributed by atoms with Crippen LogP contribution in [0.15, 0.2) is 57.9 Å². The molecular weight excluding hydrogens is 472 g/mol. The standard InChI is InChI=1S/C21H23BrN2O5S/c1-2-3-12-23-13-19(21(26)27)24(14-20(23)25)30(28,29)18-10-6-16(7-11-18)15-4-8-17(22)9-5-15/h4-11,19H,2-3,12-14H2,1H3,(H,26,27). The van der Waals surface area contributed by atoms with Gasteiger partial charge in [0.2, 0.25) is 15.9 Å². The number of piperazine rings is 1. The molecule has 1 heterocycles. The van der Waals surface area contributed by atoms with Crippen LogP contribution in [-0.4, -0.2) is 60.3 Å². The van der Waals surface area contributed by atoms with Gasteiger partial charge in [-0.05, 0) is 41.8 Å². The highest BCUT2D eigenvalue weighted by molar-refractivity contribution is 9.10. The maximum Gasteiger partial charge on any atom is 0.323 e. The van der Waals surface area contributed by atoms with Gasteiger partial charge >= 0.3 is 5.97 Å². The Hall–Kier alpha value is -2.23. The number of unbranched alkanes of at least 4 members (excludes halogenated alkanes) is 1. The summed E-state index contributed by atoms with van der Waals surface area (Å²) in [7, 11) is -4.14. The molecule has 1 aliphatic rings. The Morgan fingerprint density at radius 1 is 1.10 bits per heavy atom. The van der Waals surface area contributed by atoms with E-state index in [1.165, 1.54) is 17.0 Å². The number of carboxylic acid groups (broad SMARTS) is 1. The third-order valence-corrected chi connectivity index (χ3v) is 7.49. The van der Waals surface area contributed by atoms with Gasteiger partial charge in [-0.15, -0.1) is 0 Å². The second-order valence-corrected chi connectivity index (χ2v) is 9.94. The second-order valence-electron chi connectivity index (χ2n) is 7.13. The van der Waals surface area contributed by atoms with E-state index in [9.17, 15) is 23.1 Å². The monoisotopic (exact) mass is 494 g/mol. The molecule has 9 heteroatoms. The normalized spacial score (nSPS) is 17.9. The van der Waals surface area contributed by atoms with Gasteiger partial charge in [-0.1, -0.05) is 53.5 Å². The maximum absolute atomic E-state index is 13.1. The summed E-state index contributed by atoms with van der Waals surface area (Å²) in [6, 6.07) is 12.5.